The predicted octanol–water partition coefficient (Wildman–Crippen LogP) is 4.33. The van der Waals surface area contributed by atoms with Gasteiger partial charge in [-0.2, -0.15) is 5.10 Å². The van der Waals surface area contributed by atoms with E-state index in [0.717, 1.165) is 25.1 Å². The van der Waals surface area contributed by atoms with Crippen molar-refractivity contribution >= 4 is 11.8 Å². The Morgan fingerprint density at radius 3 is 2.67 bits per heavy atom. The van der Waals surface area contributed by atoms with E-state index in [0.29, 0.717) is 6.04 Å². The molecule has 0 spiro atoms. The van der Waals surface area contributed by atoms with E-state index < -0.39 is 0 Å². The maximum atomic E-state index is 4.43. The van der Waals surface area contributed by atoms with Crippen molar-refractivity contribution in [1.82, 2.24) is 15.1 Å². The summed E-state index contributed by atoms with van der Waals surface area (Å²) in [7, 11) is 2.00. The summed E-state index contributed by atoms with van der Waals surface area (Å²) < 4.78 is 1.96. The molecular formula is C17H25N3S. The van der Waals surface area contributed by atoms with Gasteiger partial charge in [0.05, 0.1) is 10.7 Å². The van der Waals surface area contributed by atoms with Gasteiger partial charge in [-0.25, -0.2) is 0 Å². The van der Waals surface area contributed by atoms with Crippen molar-refractivity contribution in [2.24, 2.45) is 7.05 Å². The van der Waals surface area contributed by atoms with Gasteiger partial charge in [0.1, 0.15) is 0 Å². The van der Waals surface area contributed by atoms with Crippen LogP contribution in [0, 0.1) is 6.92 Å². The van der Waals surface area contributed by atoms with Crippen LogP contribution in [0.4, 0.5) is 0 Å². The van der Waals surface area contributed by atoms with E-state index in [1.807, 2.05) is 18.7 Å². The number of rotatable bonds is 7. The van der Waals surface area contributed by atoms with Gasteiger partial charge >= 0.3 is 0 Å². The van der Waals surface area contributed by atoms with E-state index in [9.17, 15) is 0 Å². The normalized spacial score (nSPS) is 12.6. The molecule has 1 heterocycles. The Morgan fingerprint density at radius 2 is 2.05 bits per heavy atom. The van der Waals surface area contributed by atoms with Crippen LogP contribution in [0.25, 0.3) is 0 Å². The smallest absolute Gasteiger partial charge is 0.0987 e. The van der Waals surface area contributed by atoms with Crippen LogP contribution in [0.1, 0.15) is 44.0 Å². The van der Waals surface area contributed by atoms with Gasteiger partial charge in [-0.3, -0.25) is 4.68 Å². The third-order valence-corrected chi connectivity index (χ3v) is 4.70. The third-order valence-electron chi connectivity index (χ3n) is 3.52. The zero-order chi connectivity index (χ0) is 15.2. The summed E-state index contributed by atoms with van der Waals surface area (Å²) in [6, 6.07) is 11.2. The Labute approximate surface area is 132 Å². The third kappa shape index (κ3) is 4.11. The van der Waals surface area contributed by atoms with E-state index in [1.54, 1.807) is 11.8 Å². The molecule has 0 amide bonds. The Balaban J connectivity index is 2.25. The second-order valence-corrected chi connectivity index (χ2v) is 6.36. The van der Waals surface area contributed by atoms with Gasteiger partial charge in [-0.05, 0) is 44.0 Å². The number of nitrogens with one attached hydrogen (secondary N) is 1. The Kier molecular flexibility index (Phi) is 5.88. The molecule has 0 radical (unpaired) electrons. The summed E-state index contributed by atoms with van der Waals surface area (Å²) in [6.45, 7) is 7.54. The summed E-state index contributed by atoms with van der Waals surface area (Å²) >= 11 is 1.80. The van der Waals surface area contributed by atoms with Gasteiger partial charge in [0.25, 0.3) is 0 Å². The van der Waals surface area contributed by atoms with Crippen molar-refractivity contribution in [3.05, 3.63) is 41.6 Å². The maximum Gasteiger partial charge on any atom is 0.0987 e. The van der Waals surface area contributed by atoms with Crippen molar-refractivity contribution in [2.45, 2.75) is 49.6 Å². The molecule has 2 rings (SSSR count). The number of hydrogen-bond donors (Lipinski definition) is 1. The molecule has 114 valence electrons. The number of aryl methyl sites for hydroxylation is 2. The fourth-order valence-corrected chi connectivity index (χ4v) is 3.55. The molecule has 0 saturated heterocycles. The van der Waals surface area contributed by atoms with E-state index in [2.05, 4.69) is 54.6 Å². The molecule has 1 atom stereocenters. The van der Waals surface area contributed by atoms with Crippen LogP contribution in [-0.2, 0) is 7.05 Å². The average molecular weight is 303 g/mol. The van der Waals surface area contributed by atoms with Crippen molar-refractivity contribution in [1.29, 1.82) is 0 Å². The van der Waals surface area contributed by atoms with Crippen LogP contribution < -0.4 is 5.32 Å². The molecule has 2 aromatic rings. The number of aromatic nitrogens is 2. The first-order chi connectivity index (χ1) is 10.2. The molecule has 0 aliphatic carbocycles. The monoisotopic (exact) mass is 303 g/mol. The highest BCUT2D eigenvalue weighted by Crippen LogP contribution is 2.34. The first-order valence-electron chi connectivity index (χ1n) is 7.66. The molecular weight excluding hydrogens is 278 g/mol. The lowest BCUT2D eigenvalue weighted by Gasteiger charge is -2.20. The van der Waals surface area contributed by atoms with Crippen molar-refractivity contribution in [2.75, 3.05) is 6.54 Å². The summed E-state index contributed by atoms with van der Waals surface area (Å²) in [4.78, 5) is 1.32. The van der Waals surface area contributed by atoms with E-state index in [-0.39, 0.29) is 0 Å². The molecule has 1 aromatic heterocycles. The van der Waals surface area contributed by atoms with Crippen LogP contribution in [-0.4, -0.2) is 16.3 Å². The Hall–Kier alpha value is -1.26. The standard InChI is InChI=1S/C17H25N3S/c1-5-11-18-15(6-2)14-9-7-8-10-16(14)21-17-12-13(3)19-20(17)4/h7-10,12,15,18H,5-6,11H2,1-4H3. The van der Waals surface area contributed by atoms with Gasteiger partial charge in [-0.15, -0.1) is 0 Å². The molecule has 1 N–H and O–H groups in total. The fourth-order valence-electron chi connectivity index (χ4n) is 2.45. The molecule has 0 aliphatic heterocycles. The molecule has 0 fully saturated rings. The first kappa shape index (κ1) is 16.1. The summed E-state index contributed by atoms with van der Waals surface area (Å²) in [5, 5.41) is 9.26. The zero-order valence-corrected chi connectivity index (χ0v) is 14.2. The van der Waals surface area contributed by atoms with Crippen LogP contribution in [0.2, 0.25) is 0 Å². The van der Waals surface area contributed by atoms with Crippen molar-refractivity contribution in [3.63, 3.8) is 0 Å². The number of hydrogen-bond acceptors (Lipinski definition) is 3. The minimum Gasteiger partial charge on any atom is -0.310 e. The van der Waals surface area contributed by atoms with Gasteiger partial charge < -0.3 is 5.32 Å². The highest BCUT2D eigenvalue weighted by Gasteiger charge is 2.14. The maximum absolute atomic E-state index is 4.43. The molecule has 0 aliphatic rings. The molecule has 1 aromatic carbocycles. The summed E-state index contributed by atoms with van der Waals surface area (Å²) in [5.74, 6) is 0. The van der Waals surface area contributed by atoms with Crippen molar-refractivity contribution in [3.8, 4) is 0 Å². The van der Waals surface area contributed by atoms with Crippen LogP contribution >= 0.6 is 11.8 Å². The molecule has 0 saturated carbocycles. The van der Waals surface area contributed by atoms with Crippen LogP contribution in [0.3, 0.4) is 0 Å². The molecule has 21 heavy (non-hydrogen) atoms. The second kappa shape index (κ2) is 7.66. The predicted molar refractivity (Wildman–Crippen MR) is 89.8 cm³/mol. The first-order valence-corrected chi connectivity index (χ1v) is 8.48. The summed E-state index contributed by atoms with van der Waals surface area (Å²) in [5.41, 5.74) is 2.45. The topological polar surface area (TPSA) is 29.9 Å². The fraction of sp³-hybridized carbons (Fsp3) is 0.471. The second-order valence-electron chi connectivity index (χ2n) is 5.30. The lowest BCUT2D eigenvalue weighted by molar-refractivity contribution is 0.512. The van der Waals surface area contributed by atoms with Crippen LogP contribution in [0.5, 0.6) is 0 Å². The largest absolute Gasteiger partial charge is 0.310 e. The Bertz CT molecular complexity index is 577. The average Bonchev–Trinajstić information content (AvgIpc) is 2.79. The minimum absolute atomic E-state index is 0.419. The molecule has 1 unspecified atom stereocenters. The highest BCUT2D eigenvalue weighted by molar-refractivity contribution is 7.99. The van der Waals surface area contributed by atoms with E-state index in [1.165, 1.54) is 15.5 Å². The van der Waals surface area contributed by atoms with E-state index in [4.69, 9.17) is 0 Å². The molecule has 0 bridgehead atoms. The Morgan fingerprint density at radius 1 is 1.29 bits per heavy atom. The van der Waals surface area contributed by atoms with Crippen LogP contribution in [0.15, 0.2) is 40.3 Å². The SMILES string of the molecule is CCCNC(CC)c1ccccc1Sc1cc(C)nn1C. The minimum atomic E-state index is 0.419. The molecule has 4 heteroatoms. The lowest BCUT2D eigenvalue weighted by Crippen LogP contribution is -2.21. The number of benzene rings is 1. The zero-order valence-electron chi connectivity index (χ0n) is 13.4. The summed E-state index contributed by atoms with van der Waals surface area (Å²) in [6.07, 6.45) is 2.26. The lowest BCUT2D eigenvalue weighted by atomic mass is 10.0. The van der Waals surface area contributed by atoms with E-state index >= 15 is 0 Å². The molecule has 3 nitrogen and oxygen atoms in total. The van der Waals surface area contributed by atoms with Gasteiger partial charge in [0.15, 0.2) is 0 Å². The number of nitrogens with zero attached hydrogens (tertiary/aromatic N) is 2. The van der Waals surface area contributed by atoms with Gasteiger partial charge in [0, 0.05) is 18.0 Å². The van der Waals surface area contributed by atoms with Crippen molar-refractivity contribution < 1.29 is 0 Å². The van der Waals surface area contributed by atoms with Gasteiger partial charge in [-0.1, -0.05) is 43.8 Å². The highest BCUT2D eigenvalue weighted by atomic mass is 32.2. The quantitative estimate of drug-likeness (QED) is 0.825. The van der Waals surface area contributed by atoms with Gasteiger partial charge in [0.2, 0.25) is 0 Å².